The lowest BCUT2D eigenvalue weighted by Crippen LogP contribution is -2.45. The van der Waals surface area contributed by atoms with Crippen LogP contribution in [-0.4, -0.2) is 31.0 Å². The highest BCUT2D eigenvalue weighted by molar-refractivity contribution is 6.00. The van der Waals surface area contributed by atoms with Crippen molar-refractivity contribution in [2.24, 2.45) is 5.92 Å². The number of hydrogen-bond acceptors (Lipinski definition) is 5. The van der Waals surface area contributed by atoms with Crippen LogP contribution in [0.3, 0.4) is 0 Å². The summed E-state index contributed by atoms with van der Waals surface area (Å²) in [6.45, 7) is 6.01. The molecule has 1 fully saturated rings. The van der Waals surface area contributed by atoms with E-state index in [0.29, 0.717) is 28.4 Å². The topological polar surface area (TPSA) is 96.0 Å². The summed E-state index contributed by atoms with van der Waals surface area (Å²) >= 11 is 0. The Labute approximate surface area is 157 Å². The second kappa shape index (κ2) is 6.16. The van der Waals surface area contributed by atoms with Crippen molar-refractivity contribution in [1.29, 1.82) is 5.26 Å². The second-order valence-electron chi connectivity index (χ2n) is 7.60. The van der Waals surface area contributed by atoms with Crippen molar-refractivity contribution >= 4 is 11.6 Å². The van der Waals surface area contributed by atoms with Crippen molar-refractivity contribution in [2.75, 3.05) is 0 Å². The lowest BCUT2D eigenvalue weighted by atomic mass is 9.98. The summed E-state index contributed by atoms with van der Waals surface area (Å²) in [6.07, 6.45) is 7.01. The van der Waals surface area contributed by atoms with Gasteiger partial charge in [0.15, 0.2) is 5.65 Å². The number of nitrogens with zero attached hydrogens (tertiary/aromatic N) is 5. The van der Waals surface area contributed by atoms with Gasteiger partial charge in [0.25, 0.3) is 5.91 Å². The van der Waals surface area contributed by atoms with Crippen LogP contribution in [0.1, 0.15) is 48.3 Å². The first-order valence-electron chi connectivity index (χ1n) is 8.92. The lowest BCUT2D eigenvalue weighted by molar-refractivity contribution is 0.0905. The molecule has 3 heterocycles. The number of carbonyl (C=O) groups is 1. The fourth-order valence-electron chi connectivity index (χ4n) is 3.33. The molecule has 0 radical (unpaired) electrons. The molecule has 1 aliphatic rings. The summed E-state index contributed by atoms with van der Waals surface area (Å²) in [5, 5.41) is 16.5. The molecular formula is C20H20N6O. The monoisotopic (exact) mass is 360 g/mol. The standard InChI is InChI=1S/C20H20N6O/c1-12-6-17(14-7-13(8-21)9-22-10-14)24-18-16(11-23-26(12)18)19(27)25-20(2,3)15-4-5-15/h6-7,9-11,15H,4-5H2,1-3H3,(H,25,27). The highest BCUT2D eigenvalue weighted by atomic mass is 16.1. The van der Waals surface area contributed by atoms with Crippen molar-refractivity contribution in [1.82, 2.24) is 24.9 Å². The number of nitriles is 1. The van der Waals surface area contributed by atoms with Gasteiger partial charge >= 0.3 is 0 Å². The first kappa shape index (κ1) is 17.2. The average molecular weight is 360 g/mol. The third-order valence-corrected chi connectivity index (χ3v) is 5.09. The van der Waals surface area contributed by atoms with Crippen LogP contribution < -0.4 is 5.32 Å². The third kappa shape index (κ3) is 3.14. The normalized spacial score (nSPS) is 14.1. The molecule has 1 saturated carbocycles. The minimum atomic E-state index is -0.247. The van der Waals surface area contributed by atoms with E-state index < -0.39 is 0 Å². The highest BCUT2D eigenvalue weighted by Gasteiger charge is 2.39. The zero-order valence-corrected chi connectivity index (χ0v) is 15.5. The number of hydrogen-bond donors (Lipinski definition) is 1. The van der Waals surface area contributed by atoms with Gasteiger partial charge in [-0.15, -0.1) is 0 Å². The van der Waals surface area contributed by atoms with Crippen LogP contribution in [-0.2, 0) is 0 Å². The van der Waals surface area contributed by atoms with Crippen LogP contribution in [0.25, 0.3) is 16.9 Å². The van der Waals surface area contributed by atoms with Gasteiger partial charge in [0.2, 0.25) is 0 Å². The molecule has 7 nitrogen and oxygen atoms in total. The Hall–Kier alpha value is -3.27. The summed E-state index contributed by atoms with van der Waals surface area (Å²) in [5.74, 6) is 0.350. The fourth-order valence-corrected chi connectivity index (χ4v) is 3.33. The Morgan fingerprint density at radius 1 is 1.30 bits per heavy atom. The zero-order valence-electron chi connectivity index (χ0n) is 15.5. The molecule has 0 aromatic carbocycles. The molecule has 4 rings (SSSR count). The Morgan fingerprint density at radius 2 is 2.07 bits per heavy atom. The van der Waals surface area contributed by atoms with Crippen molar-refractivity contribution in [3.8, 4) is 17.3 Å². The maximum atomic E-state index is 12.9. The summed E-state index contributed by atoms with van der Waals surface area (Å²) in [4.78, 5) is 21.6. The largest absolute Gasteiger partial charge is 0.347 e. The smallest absolute Gasteiger partial charge is 0.257 e. The van der Waals surface area contributed by atoms with Crippen molar-refractivity contribution in [2.45, 2.75) is 39.2 Å². The Balaban J connectivity index is 1.76. The van der Waals surface area contributed by atoms with Gasteiger partial charge < -0.3 is 5.32 Å². The van der Waals surface area contributed by atoms with Crippen LogP contribution in [0.5, 0.6) is 0 Å². The van der Waals surface area contributed by atoms with Crippen LogP contribution in [0.4, 0.5) is 0 Å². The van der Waals surface area contributed by atoms with Crippen molar-refractivity contribution in [3.63, 3.8) is 0 Å². The van der Waals surface area contributed by atoms with E-state index in [9.17, 15) is 4.79 Å². The van der Waals surface area contributed by atoms with E-state index in [1.807, 2.05) is 13.0 Å². The van der Waals surface area contributed by atoms with E-state index in [4.69, 9.17) is 5.26 Å². The van der Waals surface area contributed by atoms with Gasteiger partial charge in [0, 0.05) is 29.2 Å². The van der Waals surface area contributed by atoms with E-state index in [0.717, 1.165) is 24.1 Å². The van der Waals surface area contributed by atoms with Gasteiger partial charge in [0.1, 0.15) is 11.6 Å². The minimum Gasteiger partial charge on any atom is -0.347 e. The van der Waals surface area contributed by atoms with E-state index >= 15 is 0 Å². The van der Waals surface area contributed by atoms with E-state index in [1.54, 1.807) is 23.0 Å². The molecule has 0 bridgehead atoms. The maximum absolute atomic E-state index is 12.9. The van der Waals surface area contributed by atoms with Gasteiger partial charge in [0.05, 0.1) is 17.5 Å². The fraction of sp³-hybridized carbons (Fsp3) is 0.350. The quantitative estimate of drug-likeness (QED) is 0.772. The predicted octanol–water partition coefficient (Wildman–Crippen LogP) is 2.89. The summed E-state index contributed by atoms with van der Waals surface area (Å²) < 4.78 is 1.66. The highest BCUT2D eigenvalue weighted by Crippen LogP contribution is 2.39. The van der Waals surface area contributed by atoms with Crippen LogP contribution in [0, 0.1) is 24.2 Å². The average Bonchev–Trinajstić information content (AvgIpc) is 3.42. The molecule has 0 atom stereocenters. The molecule has 1 amide bonds. The Bertz CT molecular complexity index is 1090. The molecule has 0 spiro atoms. The SMILES string of the molecule is Cc1cc(-c2cncc(C#N)c2)nc2c(C(=O)NC(C)(C)C3CC3)cnn12. The first-order chi connectivity index (χ1) is 12.9. The molecule has 0 saturated heterocycles. The third-order valence-electron chi connectivity index (χ3n) is 5.09. The van der Waals surface area contributed by atoms with Gasteiger partial charge in [-0.05, 0) is 51.7 Å². The summed E-state index contributed by atoms with van der Waals surface area (Å²) in [5.41, 5.74) is 3.38. The number of fused-ring (bicyclic) bond motifs is 1. The molecule has 136 valence electrons. The van der Waals surface area contributed by atoms with Gasteiger partial charge in [-0.25, -0.2) is 9.50 Å². The van der Waals surface area contributed by atoms with E-state index in [-0.39, 0.29) is 11.4 Å². The molecule has 3 aromatic rings. The summed E-state index contributed by atoms with van der Waals surface area (Å²) in [7, 11) is 0. The number of aryl methyl sites for hydroxylation is 1. The Morgan fingerprint density at radius 3 is 2.78 bits per heavy atom. The maximum Gasteiger partial charge on any atom is 0.257 e. The van der Waals surface area contributed by atoms with Crippen molar-refractivity contribution in [3.05, 3.63) is 47.5 Å². The number of aromatic nitrogens is 4. The second-order valence-corrected chi connectivity index (χ2v) is 7.60. The summed E-state index contributed by atoms with van der Waals surface area (Å²) in [6, 6.07) is 5.69. The molecule has 7 heteroatoms. The number of carbonyl (C=O) groups excluding carboxylic acids is 1. The number of nitrogens with one attached hydrogen (secondary N) is 1. The number of pyridine rings is 1. The minimum absolute atomic E-state index is 0.171. The molecule has 0 unspecified atom stereocenters. The zero-order chi connectivity index (χ0) is 19.2. The van der Waals surface area contributed by atoms with E-state index in [2.05, 4.69) is 40.3 Å². The molecule has 27 heavy (non-hydrogen) atoms. The van der Waals surface area contributed by atoms with Crippen LogP contribution >= 0.6 is 0 Å². The van der Waals surface area contributed by atoms with Crippen LogP contribution in [0.2, 0.25) is 0 Å². The molecule has 1 N–H and O–H groups in total. The predicted molar refractivity (Wildman–Crippen MR) is 99.9 cm³/mol. The molecule has 1 aliphatic carbocycles. The lowest BCUT2D eigenvalue weighted by Gasteiger charge is -2.25. The van der Waals surface area contributed by atoms with Gasteiger partial charge in [-0.2, -0.15) is 10.4 Å². The molecule has 0 aliphatic heterocycles. The van der Waals surface area contributed by atoms with Gasteiger partial charge in [-0.1, -0.05) is 0 Å². The molecule has 3 aromatic heterocycles. The number of rotatable bonds is 4. The molecular weight excluding hydrogens is 340 g/mol. The van der Waals surface area contributed by atoms with Gasteiger partial charge in [-0.3, -0.25) is 9.78 Å². The Kier molecular flexibility index (Phi) is 3.92. The van der Waals surface area contributed by atoms with Crippen molar-refractivity contribution < 1.29 is 4.79 Å². The van der Waals surface area contributed by atoms with E-state index in [1.165, 1.54) is 6.20 Å². The van der Waals surface area contributed by atoms with Crippen LogP contribution in [0.15, 0.2) is 30.7 Å². The number of amides is 1. The first-order valence-corrected chi connectivity index (χ1v) is 8.92.